The molecule has 7 nitrogen and oxygen atoms in total. The first-order valence-electron chi connectivity index (χ1n) is 9.47. The molecular formula is C20H24N4O3. The number of carbonyl (C=O) groups is 1. The molecule has 1 amide bonds. The number of aromatic nitrogens is 2. The summed E-state index contributed by atoms with van der Waals surface area (Å²) in [6.07, 6.45) is 3.60. The lowest BCUT2D eigenvalue weighted by Crippen LogP contribution is -2.32. The Labute approximate surface area is 158 Å². The average molecular weight is 368 g/mol. The molecule has 7 heteroatoms. The van der Waals surface area contributed by atoms with Gasteiger partial charge in [-0.3, -0.25) is 4.79 Å². The van der Waals surface area contributed by atoms with Crippen LogP contribution >= 0.6 is 0 Å². The van der Waals surface area contributed by atoms with Gasteiger partial charge in [-0.15, -0.1) is 0 Å². The van der Waals surface area contributed by atoms with Crippen LogP contribution in [0.15, 0.2) is 24.3 Å². The summed E-state index contributed by atoms with van der Waals surface area (Å²) in [5, 5.41) is 2.94. The Balaban J connectivity index is 1.47. The van der Waals surface area contributed by atoms with E-state index in [2.05, 4.69) is 20.2 Å². The predicted molar refractivity (Wildman–Crippen MR) is 101 cm³/mol. The van der Waals surface area contributed by atoms with Crippen molar-refractivity contribution in [1.82, 2.24) is 15.3 Å². The minimum absolute atomic E-state index is 0.201. The lowest BCUT2D eigenvalue weighted by atomic mass is 10.1. The predicted octanol–water partition coefficient (Wildman–Crippen LogP) is 2.48. The molecular weight excluding hydrogens is 344 g/mol. The third-order valence-electron chi connectivity index (χ3n) is 4.78. The van der Waals surface area contributed by atoms with E-state index in [1.165, 1.54) is 19.3 Å². The number of aryl methyl sites for hydroxylation is 1. The van der Waals surface area contributed by atoms with Crippen LogP contribution in [-0.2, 0) is 6.54 Å². The second-order valence-electron chi connectivity index (χ2n) is 6.86. The fourth-order valence-corrected chi connectivity index (χ4v) is 3.46. The van der Waals surface area contributed by atoms with Gasteiger partial charge in [-0.25, -0.2) is 9.97 Å². The number of nitrogens with one attached hydrogen (secondary N) is 1. The molecule has 1 N–H and O–H groups in total. The summed E-state index contributed by atoms with van der Waals surface area (Å²) in [6, 6.07) is 7.26. The maximum atomic E-state index is 12.7. The van der Waals surface area contributed by atoms with Crippen molar-refractivity contribution in [2.75, 3.05) is 31.2 Å². The van der Waals surface area contributed by atoms with E-state index in [0.717, 1.165) is 30.4 Å². The van der Waals surface area contributed by atoms with Crippen LogP contribution in [0.3, 0.4) is 0 Å². The molecule has 0 radical (unpaired) electrons. The van der Waals surface area contributed by atoms with Gasteiger partial charge in [0.25, 0.3) is 5.91 Å². The lowest BCUT2D eigenvalue weighted by Gasteiger charge is -2.27. The van der Waals surface area contributed by atoms with E-state index in [1.807, 2.05) is 19.1 Å². The molecule has 4 rings (SSSR count). The largest absolute Gasteiger partial charge is 0.486 e. The van der Waals surface area contributed by atoms with E-state index in [0.29, 0.717) is 36.8 Å². The van der Waals surface area contributed by atoms with Gasteiger partial charge < -0.3 is 19.7 Å². The van der Waals surface area contributed by atoms with Gasteiger partial charge in [0.2, 0.25) is 5.95 Å². The fourth-order valence-electron chi connectivity index (χ4n) is 3.46. The normalized spacial score (nSPS) is 16.1. The molecule has 0 spiro atoms. The van der Waals surface area contributed by atoms with Gasteiger partial charge in [0, 0.05) is 18.8 Å². The van der Waals surface area contributed by atoms with E-state index < -0.39 is 0 Å². The first kappa shape index (κ1) is 17.6. The zero-order valence-electron chi connectivity index (χ0n) is 15.5. The quantitative estimate of drug-likeness (QED) is 0.893. The summed E-state index contributed by atoms with van der Waals surface area (Å²) in [5.74, 6) is 1.68. The van der Waals surface area contributed by atoms with Gasteiger partial charge >= 0.3 is 0 Å². The molecule has 3 heterocycles. The SMILES string of the molecule is Cc1cc(CNC(=O)c2cccc3c2OCCO3)nc(N2CCCCC2)n1. The van der Waals surface area contributed by atoms with Crippen molar-refractivity contribution < 1.29 is 14.3 Å². The fraction of sp³-hybridized carbons (Fsp3) is 0.450. The molecule has 0 aliphatic carbocycles. The monoisotopic (exact) mass is 368 g/mol. The first-order chi connectivity index (χ1) is 13.2. The Hall–Kier alpha value is -2.83. The van der Waals surface area contributed by atoms with Gasteiger partial charge in [0.15, 0.2) is 11.5 Å². The topological polar surface area (TPSA) is 76.6 Å². The molecule has 0 bridgehead atoms. The number of hydrogen-bond acceptors (Lipinski definition) is 6. The third kappa shape index (κ3) is 3.97. The number of ether oxygens (including phenoxy) is 2. The second kappa shape index (κ2) is 7.82. The molecule has 0 atom stereocenters. The zero-order chi connectivity index (χ0) is 18.6. The van der Waals surface area contributed by atoms with E-state index >= 15 is 0 Å². The van der Waals surface area contributed by atoms with Crippen LogP contribution in [0.4, 0.5) is 5.95 Å². The van der Waals surface area contributed by atoms with Crippen molar-refractivity contribution in [3.63, 3.8) is 0 Å². The molecule has 27 heavy (non-hydrogen) atoms. The maximum Gasteiger partial charge on any atom is 0.255 e. The lowest BCUT2D eigenvalue weighted by molar-refractivity contribution is 0.0939. The third-order valence-corrected chi connectivity index (χ3v) is 4.78. The number of carbonyl (C=O) groups excluding carboxylic acids is 1. The number of fused-ring (bicyclic) bond motifs is 1. The summed E-state index contributed by atoms with van der Waals surface area (Å²) in [4.78, 5) is 24.1. The maximum absolute atomic E-state index is 12.7. The molecule has 1 fully saturated rings. The summed E-state index contributed by atoms with van der Waals surface area (Å²) in [6.45, 7) is 5.22. The smallest absolute Gasteiger partial charge is 0.255 e. The van der Waals surface area contributed by atoms with Gasteiger partial charge in [0.1, 0.15) is 13.2 Å². The first-order valence-corrected chi connectivity index (χ1v) is 9.47. The number of piperidine rings is 1. The van der Waals surface area contributed by atoms with Crippen molar-refractivity contribution in [2.24, 2.45) is 0 Å². The highest BCUT2D eigenvalue weighted by atomic mass is 16.6. The molecule has 2 aliphatic rings. The van der Waals surface area contributed by atoms with Crippen LogP contribution < -0.4 is 19.7 Å². The molecule has 0 saturated carbocycles. The van der Waals surface area contributed by atoms with E-state index in [-0.39, 0.29) is 5.91 Å². The average Bonchev–Trinajstić information content (AvgIpc) is 2.72. The molecule has 1 saturated heterocycles. The molecule has 2 aromatic rings. The number of hydrogen-bond donors (Lipinski definition) is 1. The van der Waals surface area contributed by atoms with E-state index in [1.54, 1.807) is 12.1 Å². The Morgan fingerprint density at radius 3 is 2.81 bits per heavy atom. The Kier molecular flexibility index (Phi) is 5.09. The van der Waals surface area contributed by atoms with Crippen LogP contribution in [0.25, 0.3) is 0 Å². The van der Waals surface area contributed by atoms with Crippen LogP contribution in [0.5, 0.6) is 11.5 Å². The van der Waals surface area contributed by atoms with Crippen molar-refractivity contribution in [3.8, 4) is 11.5 Å². The summed E-state index contributed by atoms with van der Waals surface area (Å²) in [7, 11) is 0. The second-order valence-corrected chi connectivity index (χ2v) is 6.86. The Bertz CT molecular complexity index is 834. The highest BCUT2D eigenvalue weighted by molar-refractivity contribution is 5.97. The summed E-state index contributed by atoms with van der Waals surface area (Å²) < 4.78 is 11.2. The molecule has 1 aromatic heterocycles. The van der Waals surface area contributed by atoms with Crippen molar-refractivity contribution in [3.05, 3.63) is 41.2 Å². The van der Waals surface area contributed by atoms with E-state index in [9.17, 15) is 4.79 Å². The number of para-hydroxylation sites is 1. The minimum atomic E-state index is -0.201. The molecule has 1 aromatic carbocycles. The van der Waals surface area contributed by atoms with Crippen LogP contribution in [0.2, 0.25) is 0 Å². The minimum Gasteiger partial charge on any atom is -0.486 e. The van der Waals surface area contributed by atoms with Crippen LogP contribution in [0.1, 0.15) is 41.0 Å². The van der Waals surface area contributed by atoms with Crippen molar-refractivity contribution in [1.29, 1.82) is 0 Å². The Morgan fingerprint density at radius 1 is 1.15 bits per heavy atom. The van der Waals surface area contributed by atoms with Crippen molar-refractivity contribution in [2.45, 2.75) is 32.7 Å². The number of benzene rings is 1. The highest BCUT2D eigenvalue weighted by Gasteiger charge is 2.20. The number of nitrogens with zero attached hydrogens (tertiary/aromatic N) is 3. The van der Waals surface area contributed by atoms with Gasteiger partial charge in [-0.1, -0.05) is 6.07 Å². The number of rotatable bonds is 4. The number of anilines is 1. The molecule has 0 unspecified atom stereocenters. The van der Waals surface area contributed by atoms with Crippen LogP contribution in [0, 0.1) is 6.92 Å². The Morgan fingerprint density at radius 2 is 1.96 bits per heavy atom. The van der Waals surface area contributed by atoms with Crippen molar-refractivity contribution >= 4 is 11.9 Å². The zero-order valence-corrected chi connectivity index (χ0v) is 15.5. The van der Waals surface area contributed by atoms with Crippen LogP contribution in [-0.4, -0.2) is 42.2 Å². The van der Waals surface area contributed by atoms with Gasteiger partial charge in [-0.2, -0.15) is 0 Å². The standard InChI is InChI=1S/C20H24N4O3/c1-14-12-15(23-20(22-14)24-8-3-2-4-9-24)13-21-19(25)16-6-5-7-17-18(16)27-11-10-26-17/h5-7,12H,2-4,8-11,13H2,1H3,(H,21,25). The number of amides is 1. The molecule has 2 aliphatic heterocycles. The molecule has 142 valence electrons. The van der Waals surface area contributed by atoms with Gasteiger partial charge in [-0.05, 0) is 44.4 Å². The highest BCUT2D eigenvalue weighted by Crippen LogP contribution is 2.33. The summed E-state index contributed by atoms with van der Waals surface area (Å²) >= 11 is 0. The summed E-state index contributed by atoms with van der Waals surface area (Å²) in [5.41, 5.74) is 2.19. The van der Waals surface area contributed by atoms with Gasteiger partial charge in [0.05, 0.1) is 17.8 Å². The van der Waals surface area contributed by atoms with E-state index in [4.69, 9.17) is 9.47 Å².